The number of hydrogen-bond donors (Lipinski definition) is 0. The number of fused-ring (bicyclic) bond motifs is 1. The van der Waals surface area contributed by atoms with Gasteiger partial charge in [0.25, 0.3) is 5.01 Å². The molecule has 0 bridgehead atoms. The molecule has 0 atom stereocenters. The lowest BCUT2D eigenvalue weighted by atomic mass is 10.3. The summed E-state index contributed by atoms with van der Waals surface area (Å²) in [4.78, 5) is 2.14. The second-order valence-corrected chi connectivity index (χ2v) is 5.98. The summed E-state index contributed by atoms with van der Waals surface area (Å²) >= 11 is 1.84. The number of para-hydroxylation sites is 2. The average molecular weight is 295 g/mol. The van der Waals surface area contributed by atoms with Gasteiger partial charge in [-0.2, -0.15) is 4.57 Å². The highest BCUT2D eigenvalue weighted by Crippen LogP contribution is 2.21. The lowest BCUT2D eigenvalue weighted by Crippen LogP contribution is -2.33. The van der Waals surface area contributed by atoms with Crippen molar-refractivity contribution in [1.82, 2.24) is 0 Å². The van der Waals surface area contributed by atoms with Crippen LogP contribution < -0.4 is 9.47 Å². The predicted octanol–water partition coefficient (Wildman–Crippen LogP) is 4.32. The van der Waals surface area contributed by atoms with Gasteiger partial charge in [0.15, 0.2) is 0 Å². The number of anilines is 1. The molecular formula is C18H19N2S+. The van der Waals surface area contributed by atoms with Gasteiger partial charge in [-0.15, -0.1) is 0 Å². The zero-order valence-electron chi connectivity index (χ0n) is 12.4. The van der Waals surface area contributed by atoms with E-state index in [1.165, 1.54) is 20.9 Å². The number of thiazole rings is 1. The largest absolute Gasteiger partial charge is 0.351 e. The zero-order chi connectivity index (χ0) is 14.7. The number of hydrogen-bond acceptors (Lipinski definition) is 2. The molecule has 2 nitrogen and oxygen atoms in total. The molecule has 0 aliphatic rings. The quantitative estimate of drug-likeness (QED) is 0.650. The first-order valence-electron chi connectivity index (χ1n) is 7.17. The van der Waals surface area contributed by atoms with Gasteiger partial charge in [-0.1, -0.05) is 41.7 Å². The second-order valence-electron chi connectivity index (χ2n) is 4.91. The van der Waals surface area contributed by atoms with Gasteiger partial charge in [0, 0.05) is 31.1 Å². The van der Waals surface area contributed by atoms with Gasteiger partial charge in [0.1, 0.15) is 11.2 Å². The van der Waals surface area contributed by atoms with Crippen LogP contribution in [0.3, 0.4) is 0 Å². The Balaban J connectivity index is 1.92. The highest BCUT2D eigenvalue weighted by atomic mass is 32.1. The molecule has 106 valence electrons. The summed E-state index contributed by atoms with van der Waals surface area (Å²) in [6.45, 7) is 3.18. The van der Waals surface area contributed by atoms with Gasteiger partial charge in [-0.25, -0.2) is 0 Å². The van der Waals surface area contributed by atoms with Gasteiger partial charge in [-0.05, 0) is 25.1 Å². The SMILES string of the molecule is CC[n+]1c(C=CN(C)c2ccccc2)sc2ccccc21. The van der Waals surface area contributed by atoms with Crippen molar-refractivity contribution < 1.29 is 4.57 Å². The molecule has 0 unspecified atom stereocenters. The number of rotatable bonds is 4. The third kappa shape index (κ3) is 2.83. The van der Waals surface area contributed by atoms with Crippen molar-refractivity contribution in [2.24, 2.45) is 0 Å². The maximum atomic E-state index is 2.36. The van der Waals surface area contributed by atoms with Gasteiger partial charge in [0.05, 0.1) is 0 Å². The van der Waals surface area contributed by atoms with E-state index in [9.17, 15) is 0 Å². The first-order chi connectivity index (χ1) is 10.3. The van der Waals surface area contributed by atoms with E-state index in [1.807, 2.05) is 17.4 Å². The molecule has 3 heteroatoms. The number of nitrogens with zero attached hydrogens (tertiary/aromatic N) is 2. The lowest BCUT2D eigenvalue weighted by Gasteiger charge is -2.12. The van der Waals surface area contributed by atoms with Crippen LogP contribution in [0.1, 0.15) is 11.9 Å². The van der Waals surface area contributed by atoms with Gasteiger partial charge >= 0.3 is 0 Å². The molecule has 0 aliphatic carbocycles. The molecular weight excluding hydrogens is 276 g/mol. The molecule has 0 saturated heterocycles. The molecule has 0 spiro atoms. The molecule has 0 fully saturated rings. The maximum Gasteiger partial charge on any atom is 0.264 e. The highest BCUT2D eigenvalue weighted by Gasteiger charge is 2.15. The van der Waals surface area contributed by atoms with E-state index in [2.05, 4.69) is 84.2 Å². The number of benzene rings is 2. The van der Waals surface area contributed by atoms with Gasteiger partial charge < -0.3 is 4.90 Å². The fourth-order valence-electron chi connectivity index (χ4n) is 2.43. The summed E-state index contributed by atoms with van der Waals surface area (Å²) in [6.07, 6.45) is 4.33. The Bertz CT molecular complexity index is 759. The molecule has 3 aromatic rings. The van der Waals surface area contributed by atoms with Crippen molar-refractivity contribution in [3.8, 4) is 0 Å². The van der Waals surface area contributed by atoms with E-state index in [0.29, 0.717) is 0 Å². The molecule has 1 heterocycles. The van der Waals surface area contributed by atoms with Crippen LogP contribution in [-0.2, 0) is 6.54 Å². The van der Waals surface area contributed by atoms with Crippen LogP contribution in [0.15, 0.2) is 60.8 Å². The Kier molecular flexibility index (Phi) is 4.02. The normalized spacial score (nSPS) is 11.3. The highest BCUT2D eigenvalue weighted by molar-refractivity contribution is 7.18. The summed E-state index contributed by atoms with van der Waals surface area (Å²) < 4.78 is 3.69. The topological polar surface area (TPSA) is 7.12 Å². The van der Waals surface area contributed by atoms with Crippen molar-refractivity contribution in [2.75, 3.05) is 11.9 Å². The summed E-state index contributed by atoms with van der Waals surface area (Å²) in [5.41, 5.74) is 2.50. The van der Waals surface area contributed by atoms with Crippen LogP contribution in [0, 0.1) is 0 Å². The van der Waals surface area contributed by atoms with Crippen molar-refractivity contribution in [3.63, 3.8) is 0 Å². The van der Waals surface area contributed by atoms with E-state index < -0.39 is 0 Å². The fourth-order valence-corrected chi connectivity index (χ4v) is 3.55. The molecule has 1 aromatic heterocycles. The Hall–Kier alpha value is -2.13. The monoisotopic (exact) mass is 295 g/mol. The summed E-state index contributed by atoms with van der Waals surface area (Å²) in [6, 6.07) is 19.0. The van der Waals surface area contributed by atoms with E-state index in [4.69, 9.17) is 0 Å². The van der Waals surface area contributed by atoms with Crippen molar-refractivity contribution >= 4 is 33.3 Å². The third-order valence-electron chi connectivity index (χ3n) is 3.56. The molecule has 0 saturated carbocycles. The molecule has 2 aromatic carbocycles. The zero-order valence-corrected chi connectivity index (χ0v) is 13.2. The van der Waals surface area contributed by atoms with Crippen LogP contribution in [-0.4, -0.2) is 7.05 Å². The minimum Gasteiger partial charge on any atom is -0.351 e. The summed E-state index contributed by atoms with van der Waals surface area (Å²) in [7, 11) is 2.08. The van der Waals surface area contributed by atoms with Crippen LogP contribution in [0.2, 0.25) is 0 Å². The van der Waals surface area contributed by atoms with Crippen molar-refractivity contribution in [2.45, 2.75) is 13.5 Å². The Morgan fingerprint density at radius 3 is 2.52 bits per heavy atom. The number of aromatic nitrogens is 1. The molecule has 0 amide bonds. The Labute approximate surface area is 129 Å². The summed E-state index contributed by atoms with van der Waals surface area (Å²) in [5, 5.41) is 1.28. The third-order valence-corrected chi connectivity index (χ3v) is 4.69. The maximum absolute atomic E-state index is 2.36. The number of aryl methyl sites for hydroxylation is 1. The van der Waals surface area contributed by atoms with Crippen LogP contribution in [0.5, 0.6) is 0 Å². The summed E-state index contributed by atoms with van der Waals surface area (Å²) in [5.74, 6) is 0. The Morgan fingerprint density at radius 2 is 1.76 bits per heavy atom. The van der Waals surface area contributed by atoms with E-state index in [0.717, 1.165) is 6.54 Å². The average Bonchev–Trinajstić information content (AvgIpc) is 2.91. The van der Waals surface area contributed by atoms with Crippen LogP contribution in [0.25, 0.3) is 16.3 Å². The van der Waals surface area contributed by atoms with Crippen LogP contribution >= 0.6 is 11.3 Å². The van der Waals surface area contributed by atoms with E-state index in [1.54, 1.807) is 0 Å². The molecule has 3 rings (SSSR count). The van der Waals surface area contributed by atoms with Gasteiger partial charge in [0.2, 0.25) is 5.52 Å². The minimum absolute atomic E-state index is 0.985. The van der Waals surface area contributed by atoms with E-state index in [-0.39, 0.29) is 0 Å². The first kappa shape index (κ1) is 13.8. The molecule has 0 aliphatic heterocycles. The first-order valence-corrected chi connectivity index (χ1v) is 7.98. The van der Waals surface area contributed by atoms with E-state index >= 15 is 0 Å². The lowest BCUT2D eigenvalue weighted by molar-refractivity contribution is -0.665. The van der Waals surface area contributed by atoms with Crippen molar-refractivity contribution in [3.05, 3.63) is 65.8 Å². The standard InChI is InChI=1S/C18H19N2S/c1-3-20-16-11-7-8-12-17(16)21-18(20)13-14-19(2)15-9-5-4-6-10-15/h4-14H,3H2,1-2H3/q+1. The van der Waals surface area contributed by atoms with Crippen molar-refractivity contribution in [1.29, 1.82) is 0 Å². The smallest absolute Gasteiger partial charge is 0.264 e. The molecule has 0 radical (unpaired) electrons. The molecule has 0 N–H and O–H groups in total. The van der Waals surface area contributed by atoms with Gasteiger partial charge in [-0.3, -0.25) is 0 Å². The molecule has 21 heavy (non-hydrogen) atoms. The second kappa shape index (κ2) is 6.10. The fraction of sp³-hybridized carbons (Fsp3) is 0.167. The Morgan fingerprint density at radius 1 is 1.05 bits per heavy atom. The predicted molar refractivity (Wildman–Crippen MR) is 91.6 cm³/mol. The van der Waals surface area contributed by atoms with Crippen LogP contribution in [0.4, 0.5) is 5.69 Å². The minimum atomic E-state index is 0.985.